The van der Waals surface area contributed by atoms with Crippen molar-refractivity contribution in [3.8, 4) is 22.8 Å². The molecule has 7 heteroatoms. The SMILES string of the molecule is Cc1ncc(C)n2nc(-c3ccc4[nH]c(-c5ccccc5F)nc4c3)nc12. The van der Waals surface area contributed by atoms with Crippen molar-refractivity contribution in [1.29, 1.82) is 0 Å². The molecule has 3 aromatic heterocycles. The van der Waals surface area contributed by atoms with E-state index in [0.717, 1.165) is 33.6 Å². The quantitative estimate of drug-likeness (QED) is 0.516. The largest absolute Gasteiger partial charge is 0.338 e. The summed E-state index contributed by atoms with van der Waals surface area (Å²) in [5.74, 6) is 0.794. The summed E-state index contributed by atoms with van der Waals surface area (Å²) >= 11 is 0. The van der Waals surface area contributed by atoms with Crippen LogP contribution in [0.25, 0.3) is 39.5 Å². The molecule has 2 aromatic carbocycles. The Kier molecular flexibility index (Phi) is 3.30. The standard InChI is InChI=1S/C20H15FN6/c1-11-10-22-12(2)20-25-18(26-27(11)20)13-7-8-16-17(9-13)24-19(23-16)14-5-3-4-6-15(14)21/h3-10H,1-2H3,(H,23,24). The van der Waals surface area contributed by atoms with Gasteiger partial charge in [0.05, 0.1) is 28.0 Å². The molecule has 0 aliphatic rings. The second-order valence-electron chi connectivity index (χ2n) is 6.45. The normalized spacial score (nSPS) is 11.5. The minimum Gasteiger partial charge on any atom is -0.338 e. The highest BCUT2D eigenvalue weighted by Gasteiger charge is 2.13. The average Bonchev–Trinajstić information content (AvgIpc) is 3.29. The molecule has 0 aliphatic carbocycles. The van der Waals surface area contributed by atoms with E-state index in [0.29, 0.717) is 17.2 Å². The number of halogens is 1. The summed E-state index contributed by atoms with van der Waals surface area (Å²) in [7, 11) is 0. The number of H-pyrrole nitrogens is 1. The molecule has 0 saturated heterocycles. The molecule has 27 heavy (non-hydrogen) atoms. The number of aromatic nitrogens is 6. The molecule has 0 bridgehead atoms. The molecule has 0 atom stereocenters. The Morgan fingerprint density at radius 1 is 1.04 bits per heavy atom. The lowest BCUT2D eigenvalue weighted by Gasteiger charge is -1.97. The number of nitrogens with zero attached hydrogens (tertiary/aromatic N) is 5. The molecule has 1 N–H and O–H groups in total. The third-order valence-electron chi connectivity index (χ3n) is 4.58. The van der Waals surface area contributed by atoms with E-state index in [1.165, 1.54) is 6.07 Å². The topological polar surface area (TPSA) is 71.8 Å². The van der Waals surface area contributed by atoms with Crippen molar-refractivity contribution >= 4 is 16.7 Å². The molecular formula is C20H15FN6. The number of rotatable bonds is 2. The molecule has 0 amide bonds. The zero-order valence-corrected chi connectivity index (χ0v) is 14.7. The van der Waals surface area contributed by atoms with Crippen molar-refractivity contribution in [2.24, 2.45) is 0 Å². The van der Waals surface area contributed by atoms with Gasteiger partial charge in [0.1, 0.15) is 11.6 Å². The number of hydrogen-bond donors (Lipinski definition) is 1. The van der Waals surface area contributed by atoms with Gasteiger partial charge in [-0.1, -0.05) is 12.1 Å². The van der Waals surface area contributed by atoms with Crippen LogP contribution >= 0.6 is 0 Å². The fourth-order valence-electron chi connectivity index (χ4n) is 3.14. The van der Waals surface area contributed by atoms with Crippen LogP contribution in [0.4, 0.5) is 4.39 Å². The highest BCUT2D eigenvalue weighted by Crippen LogP contribution is 2.26. The van der Waals surface area contributed by atoms with Crippen molar-refractivity contribution in [1.82, 2.24) is 29.5 Å². The van der Waals surface area contributed by atoms with E-state index in [9.17, 15) is 4.39 Å². The molecule has 0 saturated carbocycles. The number of hydrogen-bond acceptors (Lipinski definition) is 4. The van der Waals surface area contributed by atoms with Gasteiger partial charge in [-0.25, -0.2) is 18.9 Å². The van der Waals surface area contributed by atoms with Gasteiger partial charge in [0, 0.05) is 11.8 Å². The number of nitrogens with one attached hydrogen (secondary N) is 1. The lowest BCUT2D eigenvalue weighted by atomic mass is 10.2. The average molecular weight is 358 g/mol. The molecule has 132 valence electrons. The first-order valence-electron chi connectivity index (χ1n) is 8.54. The minimum absolute atomic E-state index is 0.308. The molecule has 0 aliphatic heterocycles. The van der Waals surface area contributed by atoms with Crippen molar-refractivity contribution in [2.75, 3.05) is 0 Å². The second-order valence-corrected chi connectivity index (χ2v) is 6.45. The summed E-state index contributed by atoms with van der Waals surface area (Å²) in [5.41, 5.74) is 5.32. The van der Waals surface area contributed by atoms with Gasteiger partial charge in [-0.2, -0.15) is 0 Å². The Labute approximate surface area is 153 Å². The van der Waals surface area contributed by atoms with E-state index < -0.39 is 0 Å². The minimum atomic E-state index is -0.308. The second kappa shape index (κ2) is 5.70. The van der Waals surface area contributed by atoms with Gasteiger partial charge >= 0.3 is 0 Å². The van der Waals surface area contributed by atoms with Crippen molar-refractivity contribution in [3.05, 3.63) is 65.9 Å². The van der Waals surface area contributed by atoms with Crippen molar-refractivity contribution in [2.45, 2.75) is 13.8 Å². The Morgan fingerprint density at radius 3 is 2.70 bits per heavy atom. The summed E-state index contributed by atoms with van der Waals surface area (Å²) < 4.78 is 15.8. The smallest absolute Gasteiger partial charge is 0.182 e. The number of benzene rings is 2. The summed E-state index contributed by atoms with van der Waals surface area (Å²) in [4.78, 5) is 16.7. The highest BCUT2D eigenvalue weighted by atomic mass is 19.1. The maximum atomic E-state index is 14.1. The third kappa shape index (κ3) is 2.47. The van der Waals surface area contributed by atoms with Gasteiger partial charge in [0.15, 0.2) is 11.5 Å². The number of fused-ring (bicyclic) bond motifs is 2. The van der Waals surface area contributed by atoms with Gasteiger partial charge in [0.2, 0.25) is 0 Å². The van der Waals surface area contributed by atoms with Crippen LogP contribution in [0.15, 0.2) is 48.7 Å². The number of aromatic amines is 1. The molecule has 0 unspecified atom stereocenters. The van der Waals surface area contributed by atoms with Gasteiger partial charge in [0.25, 0.3) is 0 Å². The van der Waals surface area contributed by atoms with Gasteiger partial charge in [-0.15, -0.1) is 5.10 Å². The van der Waals surface area contributed by atoms with Crippen LogP contribution in [0.5, 0.6) is 0 Å². The molecule has 6 nitrogen and oxygen atoms in total. The predicted molar refractivity (Wildman–Crippen MR) is 101 cm³/mol. The Hall–Kier alpha value is -3.61. The summed E-state index contributed by atoms with van der Waals surface area (Å²) in [6.45, 7) is 3.85. The zero-order chi connectivity index (χ0) is 18.5. The Bertz CT molecular complexity index is 1280. The lowest BCUT2D eigenvalue weighted by Crippen LogP contribution is -1.97. The van der Waals surface area contributed by atoms with Crippen LogP contribution in [0, 0.1) is 19.7 Å². The molecule has 5 aromatic rings. The first-order chi connectivity index (χ1) is 13.1. The summed E-state index contributed by atoms with van der Waals surface area (Å²) in [6.07, 6.45) is 1.78. The van der Waals surface area contributed by atoms with E-state index >= 15 is 0 Å². The molecule has 0 fully saturated rings. The van der Waals surface area contributed by atoms with Crippen LogP contribution in [0.1, 0.15) is 11.4 Å². The first kappa shape index (κ1) is 15.6. The number of imidazole rings is 1. The maximum absolute atomic E-state index is 14.1. The monoisotopic (exact) mass is 358 g/mol. The van der Waals surface area contributed by atoms with E-state index in [-0.39, 0.29) is 5.82 Å². The van der Waals surface area contributed by atoms with E-state index in [4.69, 9.17) is 0 Å². The maximum Gasteiger partial charge on any atom is 0.182 e. The molecule has 0 spiro atoms. The summed E-state index contributed by atoms with van der Waals surface area (Å²) in [6, 6.07) is 12.3. The van der Waals surface area contributed by atoms with E-state index in [1.54, 1.807) is 28.9 Å². The Balaban J connectivity index is 1.64. The van der Waals surface area contributed by atoms with E-state index in [1.807, 2.05) is 32.0 Å². The zero-order valence-electron chi connectivity index (χ0n) is 14.7. The predicted octanol–water partition coefficient (Wildman–Crippen LogP) is 4.09. The molecule has 5 rings (SSSR count). The summed E-state index contributed by atoms with van der Waals surface area (Å²) in [5, 5.41) is 4.60. The fourth-order valence-corrected chi connectivity index (χ4v) is 3.14. The van der Waals surface area contributed by atoms with Crippen LogP contribution in [-0.4, -0.2) is 29.5 Å². The Morgan fingerprint density at radius 2 is 1.89 bits per heavy atom. The third-order valence-corrected chi connectivity index (χ3v) is 4.58. The first-order valence-corrected chi connectivity index (χ1v) is 8.54. The fraction of sp³-hybridized carbons (Fsp3) is 0.100. The van der Waals surface area contributed by atoms with Crippen LogP contribution in [0.3, 0.4) is 0 Å². The highest BCUT2D eigenvalue weighted by molar-refractivity contribution is 5.83. The van der Waals surface area contributed by atoms with E-state index in [2.05, 4.69) is 25.0 Å². The number of aryl methyl sites for hydroxylation is 2. The van der Waals surface area contributed by atoms with Gasteiger partial charge in [-0.3, -0.25) is 4.98 Å². The van der Waals surface area contributed by atoms with Crippen molar-refractivity contribution in [3.63, 3.8) is 0 Å². The molecular weight excluding hydrogens is 343 g/mol. The molecule has 3 heterocycles. The lowest BCUT2D eigenvalue weighted by molar-refractivity contribution is 0.630. The van der Waals surface area contributed by atoms with Crippen molar-refractivity contribution < 1.29 is 4.39 Å². The van der Waals surface area contributed by atoms with Crippen LogP contribution in [-0.2, 0) is 0 Å². The van der Waals surface area contributed by atoms with Crippen LogP contribution in [0.2, 0.25) is 0 Å². The van der Waals surface area contributed by atoms with Crippen LogP contribution < -0.4 is 0 Å². The van der Waals surface area contributed by atoms with Gasteiger partial charge < -0.3 is 4.98 Å². The van der Waals surface area contributed by atoms with Gasteiger partial charge in [-0.05, 0) is 44.2 Å². The molecule has 0 radical (unpaired) electrons.